The van der Waals surface area contributed by atoms with E-state index in [9.17, 15) is 27.2 Å². The van der Waals surface area contributed by atoms with E-state index >= 15 is 0 Å². The molecule has 134 valence electrons. The third-order valence-electron chi connectivity index (χ3n) is 3.23. The second-order valence-corrected chi connectivity index (χ2v) is 5.00. The average molecular weight is 359 g/mol. The summed E-state index contributed by atoms with van der Waals surface area (Å²) in [5, 5.41) is 0. The number of alkyl halides is 3. The molecular weight excluding hydrogens is 346 g/mol. The summed E-state index contributed by atoms with van der Waals surface area (Å²) >= 11 is 0. The van der Waals surface area contributed by atoms with E-state index < -0.39 is 35.3 Å². The number of halogens is 4. The van der Waals surface area contributed by atoms with Crippen molar-refractivity contribution in [3.8, 4) is 5.75 Å². The largest absolute Gasteiger partial charge is 0.481 e. The van der Waals surface area contributed by atoms with Gasteiger partial charge in [0.1, 0.15) is 17.4 Å². The normalized spacial score (nSPS) is 12.7. The van der Waals surface area contributed by atoms with Crippen LogP contribution in [0.1, 0.15) is 23.7 Å². The molecule has 0 unspecified atom stereocenters. The van der Waals surface area contributed by atoms with Crippen LogP contribution in [0.5, 0.6) is 5.75 Å². The van der Waals surface area contributed by atoms with Crippen LogP contribution in [0.25, 0.3) is 0 Å². The van der Waals surface area contributed by atoms with Gasteiger partial charge < -0.3 is 10.5 Å². The molecular formula is C15H13F4N3O3. The van der Waals surface area contributed by atoms with Crippen molar-refractivity contribution in [1.82, 2.24) is 9.55 Å². The Kier molecular flexibility index (Phi) is 5.10. The van der Waals surface area contributed by atoms with Gasteiger partial charge in [0.25, 0.3) is 5.91 Å². The first-order valence-electron chi connectivity index (χ1n) is 7.06. The maximum atomic E-state index is 13.3. The van der Waals surface area contributed by atoms with Gasteiger partial charge in [-0.25, -0.2) is 13.8 Å². The van der Waals surface area contributed by atoms with Gasteiger partial charge in [0.2, 0.25) is 0 Å². The van der Waals surface area contributed by atoms with Crippen LogP contribution >= 0.6 is 0 Å². The van der Waals surface area contributed by atoms with Crippen LogP contribution in [0.15, 0.2) is 35.3 Å². The summed E-state index contributed by atoms with van der Waals surface area (Å²) in [7, 11) is 0. The lowest BCUT2D eigenvalue weighted by molar-refractivity contribution is -0.140. The fourth-order valence-corrected chi connectivity index (χ4v) is 2.01. The fraction of sp³-hybridized carbons (Fsp3) is 0.267. The predicted octanol–water partition coefficient (Wildman–Crippen LogP) is 2.48. The number of hydrogen-bond donors (Lipinski definition) is 1. The second-order valence-electron chi connectivity index (χ2n) is 5.00. The van der Waals surface area contributed by atoms with Crippen LogP contribution in [0.3, 0.4) is 0 Å². The third kappa shape index (κ3) is 4.14. The molecule has 0 aliphatic carbocycles. The summed E-state index contributed by atoms with van der Waals surface area (Å²) in [5.41, 5.74) is 2.86. The molecule has 10 heteroatoms. The molecule has 0 radical (unpaired) electrons. The molecule has 0 amide bonds. The molecule has 1 aromatic carbocycles. The Bertz CT molecular complexity index is 849. The fourth-order valence-electron chi connectivity index (χ4n) is 2.01. The smallest absolute Gasteiger partial charge is 0.419 e. The summed E-state index contributed by atoms with van der Waals surface area (Å²) in [5.74, 6) is -2.74. The molecule has 0 spiro atoms. The van der Waals surface area contributed by atoms with Gasteiger partial charge in [-0.3, -0.25) is 4.79 Å². The molecule has 2 aromatic rings. The first-order chi connectivity index (χ1) is 11.6. The molecule has 0 bridgehead atoms. The van der Waals surface area contributed by atoms with Crippen molar-refractivity contribution in [3.05, 3.63) is 52.3 Å². The number of rotatable bonds is 4. The van der Waals surface area contributed by atoms with Crippen LogP contribution in [0.2, 0.25) is 0 Å². The zero-order valence-corrected chi connectivity index (χ0v) is 12.9. The number of carbonyl (C=O) groups is 1. The van der Waals surface area contributed by atoms with Crippen molar-refractivity contribution in [2.45, 2.75) is 25.6 Å². The van der Waals surface area contributed by atoms with Crippen LogP contribution in [0, 0.1) is 5.82 Å². The van der Waals surface area contributed by atoms with E-state index in [1.165, 1.54) is 13.0 Å². The van der Waals surface area contributed by atoms with E-state index in [0.717, 1.165) is 12.3 Å². The van der Waals surface area contributed by atoms with E-state index in [-0.39, 0.29) is 18.0 Å². The van der Waals surface area contributed by atoms with Gasteiger partial charge in [-0.15, -0.1) is 0 Å². The predicted molar refractivity (Wildman–Crippen MR) is 79.6 cm³/mol. The van der Waals surface area contributed by atoms with E-state index in [2.05, 4.69) is 4.98 Å². The number of nitrogens with zero attached hydrogens (tertiary/aromatic N) is 2. The molecule has 0 aliphatic rings. The monoisotopic (exact) mass is 359 g/mol. The summed E-state index contributed by atoms with van der Waals surface area (Å²) in [6.07, 6.45) is -5.04. The van der Waals surface area contributed by atoms with Crippen molar-refractivity contribution in [3.63, 3.8) is 0 Å². The average Bonchev–Trinajstić information content (AvgIpc) is 2.52. The second kappa shape index (κ2) is 6.91. The highest BCUT2D eigenvalue weighted by Gasteiger charge is 2.35. The molecule has 1 heterocycles. The van der Waals surface area contributed by atoms with Crippen molar-refractivity contribution in [1.29, 1.82) is 0 Å². The zero-order valence-electron chi connectivity index (χ0n) is 12.9. The van der Waals surface area contributed by atoms with Gasteiger partial charge >= 0.3 is 11.9 Å². The van der Waals surface area contributed by atoms with Crippen molar-refractivity contribution in [2.24, 2.45) is 0 Å². The quantitative estimate of drug-likeness (QED) is 0.848. The number of ether oxygens (including phenoxy) is 1. The SMILES string of the molecule is CC[C@H](Oc1ccc(F)c(C(F)(F)F)c1)C(=O)n1ccc(N)nc1=O. The Morgan fingerprint density at radius 1 is 1.36 bits per heavy atom. The van der Waals surface area contributed by atoms with Gasteiger partial charge in [0.15, 0.2) is 6.10 Å². The third-order valence-corrected chi connectivity index (χ3v) is 3.23. The summed E-state index contributed by atoms with van der Waals surface area (Å²) in [4.78, 5) is 27.4. The first kappa shape index (κ1) is 18.4. The molecule has 25 heavy (non-hydrogen) atoms. The Balaban J connectivity index is 2.31. The molecule has 0 aliphatic heterocycles. The summed E-state index contributed by atoms with van der Waals surface area (Å²) in [6.45, 7) is 1.53. The van der Waals surface area contributed by atoms with E-state index in [1.807, 2.05) is 0 Å². The molecule has 6 nitrogen and oxygen atoms in total. The highest BCUT2D eigenvalue weighted by molar-refractivity contribution is 5.83. The van der Waals surface area contributed by atoms with Crippen molar-refractivity contribution >= 4 is 11.7 Å². The molecule has 2 N–H and O–H groups in total. The number of carbonyl (C=O) groups excluding carboxylic acids is 1. The Hall–Kier alpha value is -2.91. The maximum absolute atomic E-state index is 13.3. The summed E-state index contributed by atoms with van der Waals surface area (Å²) < 4.78 is 57.4. The number of aromatic nitrogens is 2. The minimum Gasteiger partial charge on any atom is -0.481 e. The molecule has 1 atom stereocenters. The van der Waals surface area contributed by atoms with Crippen molar-refractivity contribution in [2.75, 3.05) is 5.73 Å². The van der Waals surface area contributed by atoms with Crippen LogP contribution in [0.4, 0.5) is 23.4 Å². The Morgan fingerprint density at radius 2 is 2.04 bits per heavy atom. The minimum absolute atomic E-state index is 0.0500. The molecule has 0 fully saturated rings. The minimum atomic E-state index is -4.91. The first-order valence-corrected chi connectivity index (χ1v) is 7.06. The number of benzene rings is 1. The Morgan fingerprint density at radius 3 is 2.60 bits per heavy atom. The van der Waals surface area contributed by atoms with Crippen LogP contribution < -0.4 is 16.2 Å². The zero-order chi connectivity index (χ0) is 18.8. The van der Waals surface area contributed by atoms with Gasteiger partial charge in [-0.05, 0) is 30.7 Å². The molecule has 2 rings (SSSR count). The summed E-state index contributed by atoms with van der Waals surface area (Å²) in [6, 6.07) is 3.22. The van der Waals surface area contributed by atoms with Crippen LogP contribution in [-0.4, -0.2) is 21.6 Å². The molecule has 0 saturated heterocycles. The van der Waals surface area contributed by atoms with E-state index in [1.54, 1.807) is 0 Å². The highest BCUT2D eigenvalue weighted by Crippen LogP contribution is 2.33. The van der Waals surface area contributed by atoms with Gasteiger partial charge in [-0.1, -0.05) is 6.92 Å². The number of hydrogen-bond acceptors (Lipinski definition) is 5. The lowest BCUT2D eigenvalue weighted by atomic mass is 10.2. The van der Waals surface area contributed by atoms with Crippen molar-refractivity contribution < 1.29 is 27.1 Å². The van der Waals surface area contributed by atoms with Gasteiger partial charge in [0.05, 0.1) is 5.56 Å². The Labute approximate surface area is 138 Å². The number of nitrogens with two attached hydrogens (primary N) is 1. The van der Waals surface area contributed by atoms with Gasteiger partial charge in [0, 0.05) is 6.20 Å². The number of nitrogen functional groups attached to an aromatic ring is 1. The standard InChI is InChI=1S/C15H13F4N3O3/c1-2-11(13(23)22-6-5-12(20)21-14(22)24)25-8-3-4-10(16)9(7-8)15(17,18)19/h3-7,11H,2H2,1H3,(H2,20,21,24)/t11-/m0/s1. The lowest BCUT2D eigenvalue weighted by Gasteiger charge is -2.18. The maximum Gasteiger partial charge on any atom is 0.419 e. The highest BCUT2D eigenvalue weighted by atomic mass is 19.4. The van der Waals surface area contributed by atoms with Gasteiger partial charge in [-0.2, -0.15) is 18.2 Å². The lowest BCUT2D eigenvalue weighted by Crippen LogP contribution is -2.38. The topological polar surface area (TPSA) is 87.2 Å². The van der Waals surface area contributed by atoms with Crippen LogP contribution in [-0.2, 0) is 6.18 Å². The molecule has 1 aromatic heterocycles. The molecule has 0 saturated carbocycles. The van der Waals surface area contributed by atoms with E-state index in [4.69, 9.17) is 10.5 Å². The van der Waals surface area contributed by atoms with E-state index in [0.29, 0.717) is 16.7 Å². The number of anilines is 1.